The molecule has 2 aromatic carbocycles. The SMILES string of the molecule is CCO[Si](C)(C)CCc1ccc(/C=C/c2ccc(CC[Si](C)(C)OCC)cc2)cc1. The smallest absolute Gasteiger partial charge is 0.187 e. The molecule has 0 aliphatic heterocycles. The molecule has 0 unspecified atom stereocenters. The van der Waals surface area contributed by atoms with Gasteiger partial charge in [-0.05, 0) is 87.2 Å². The lowest BCUT2D eigenvalue weighted by Crippen LogP contribution is -2.30. The summed E-state index contributed by atoms with van der Waals surface area (Å²) in [5, 5.41) is 0. The maximum Gasteiger partial charge on any atom is 0.187 e. The van der Waals surface area contributed by atoms with E-state index >= 15 is 0 Å². The molecule has 0 amide bonds. The summed E-state index contributed by atoms with van der Waals surface area (Å²) >= 11 is 0. The van der Waals surface area contributed by atoms with E-state index in [-0.39, 0.29) is 0 Å². The highest BCUT2D eigenvalue weighted by Crippen LogP contribution is 2.18. The summed E-state index contributed by atoms with van der Waals surface area (Å²) < 4.78 is 11.9. The number of benzene rings is 2. The second-order valence-electron chi connectivity index (χ2n) is 9.20. The molecule has 0 bridgehead atoms. The summed E-state index contributed by atoms with van der Waals surface area (Å²) in [5.74, 6) is 0. The van der Waals surface area contributed by atoms with Crippen LogP contribution in [0.4, 0.5) is 0 Å². The maximum atomic E-state index is 5.94. The van der Waals surface area contributed by atoms with Crippen molar-refractivity contribution in [2.24, 2.45) is 0 Å². The average Bonchev–Trinajstić information content (AvgIpc) is 2.71. The van der Waals surface area contributed by atoms with E-state index in [0.717, 1.165) is 26.1 Å². The third-order valence-electron chi connectivity index (χ3n) is 5.53. The Morgan fingerprint density at radius 3 is 1.23 bits per heavy atom. The van der Waals surface area contributed by atoms with Crippen LogP contribution in [0.15, 0.2) is 48.5 Å². The molecule has 0 aromatic heterocycles. The van der Waals surface area contributed by atoms with E-state index in [4.69, 9.17) is 8.85 Å². The molecule has 164 valence electrons. The van der Waals surface area contributed by atoms with Crippen LogP contribution in [-0.4, -0.2) is 29.8 Å². The van der Waals surface area contributed by atoms with Crippen LogP contribution >= 0.6 is 0 Å². The topological polar surface area (TPSA) is 18.5 Å². The van der Waals surface area contributed by atoms with E-state index in [0.29, 0.717) is 0 Å². The molecular weight excluding hydrogens is 400 g/mol. The van der Waals surface area contributed by atoms with Crippen molar-refractivity contribution in [1.82, 2.24) is 0 Å². The first-order valence-electron chi connectivity index (χ1n) is 11.4. The summed E-state index contributed by atoms with van der Waals surface area (Å²) in [6.07, 6.45) is 6.60. The average molecular weight is 441 g/mol. The van der Waals surface area contributed by atoms with Gasteiger partial charge in [0.05, 0.1) is 0 Å². The van der Waals surface area contributed by atoms with Gasteiger partial charge in [0.1, 0.15) is 0 Å². The molecule has 0 aliphatic carbocycles. The van der Waals surface area contributed by atoms with Crippen LogP contribution in [0.3, 0.4) is 0 Å². The van der Waals surface area contributed by atoms with Crippen molar-refractivity contribution in [2.45, 2.75) is 65.0 Å². The molecule has 2 nitrogen and oxygen atoms in total. The molecule has 0 fully saturated rings. The van der Waals surface area contributed by atoms with Gasteiger partial charge in [0, 0.05) is 13.2 Å². The quantitative estimate of drug-likeness (QED) is 0.252. The van der Waals surface area contributed by atoms with Crippen LogP contribution in [0.1, 0.15) is 36.1 Å². The van der Waals surface area contributed by atoms with E-state index in [2.05, 4.69) is 101 Å². The minimum atomic E-state index is -1.50. The summed E-state index contributed by atoms with van der Waals surface area (Å²) in [5.41, 5.74) is 5.29. The Bertz CT molecular complexity index is 710. The zero-order chi connectivity index (χ0) is 22.0. The molecule has 2 aromatic rings. The summed E-state index contributed by atoms with van der Waals surface area (Å²) in [7, 11) is -3.01. The lowest BCUT2D eigenvalue weighted by atomic mass is 10.1. The fraction of sp³-hybridized carbons (Fsp3) is 0.462. The Balaban J connectivity index is 1.87. The van der Waals surface area contributed by atoms with Crippen LogP contribution < -0.4 is 0 Å². The molecule has 0 heterocycles. The van der Waals surface area contributed by atoms with Gasteiger partial charge in [-0.3, -0.25) is 0 Å². The third kappa shape index (κ3) is 9.13. The van der Waals surface area contributed by atoms with Gasteiger partial charge in [-0.15, -0.1) is 0 Å². The van der Waals surface area contributed by atoms with Gasteiger partial charge in [0.25, 0.3) is 0 Å². The van der Waals surface area contributed by atoms with Crippen LogP contribution in [-0.2, 0) is 21.7 Å². The minimum absolute atomic E-state index is 0.830. The molecule has 0 radical (unpaired) electrons. The van der Waals surface area contributed by atoms with Gasteiger partial charge >= 0.3 is 0 Å². The van der Waals surface area contributed by atoms with Gasteiger partial charge in [-0.25, -0.2) is 0 Å². The molecule has 0 spiro atoms. The first kappa shape index (κ1) is 24.8. The number of hydrogen-bond acceptors (Lipinski definition) is 2. The standard InChI is InChI=1S/C26H40O2Si2/c1-7-27-29(3,4)21-19-25-15-11-23(12-16-25)9-10-24-13-17-26(18-14-24)20-22-30(5,6)28-8-2/h9-18H,7-8,19-22H2,1-6H3/b10-9+. The van der Waals surface area contributed by atoms with E-state index in [1.165, 1.54) is 34.3 Å². The van der Waals surface area contributed by atoms with Crippen molar-refractivity contribution in [2.75, 3.05) is 13.2 Å². The highest BCUT2D eigenvalue weighted by Gasteiger charge is 2.21. The maximum absolute atomic E-state index is 5.94. The van der Waals surface area contributed by atoms with Crippen LogP contribution in [0.2, 0.25) is 38.3 Å². The Hall–Kier alpha value is -1.47. The molecule has 0 saturated carbocycles. The van der Waals surface area contributed by atoms with Gasteiger partial charge in [0.15, 0.2) is 16.6 Å². The lowest BCUT2D eigenvalue weighted by Gasteiger charge is -2.21. The van der Waals surface area contributed by atoms with Crippen molar-refractivity contribution in [3.05, 3.63) is 70.8 Å². The Morgan fingerprint density at radius 1 is 0.600 bits per heavy atom. The van der Waals surface area contributed by atoms with E-state index in [9.17, 15) is 0 Å². The summed E-state index contributed by atoms with van der Waals surface area (Å²) in [6.45, 7) is 15.1. The molecule has 0 aliphatic rings. The largest absolute Gasteiger partial charge is 0.418 e. The fourth-order valence-electron chi connectivity index (χ4n) is 3.60. The molecule has 2 rings (SSSR count). The van der Waals surface area contributed by atoms with Crippen molar-refractivity contribution >= 4 is 28.8 Å². The monoisotopic (exact) mass is 440 g/mol. The molecular formula is C26H40O2Si2. The van der Waals surface area contributed by atoms with E-state index < -0.39 is 16.6 Å². The van der Waals surface area contributed by atoms with Crippen LogP contribution in [0.5, 0.6) is 0 Å². The molecule has 0 saturated heterocycles. The first-order chi connectivity index (χ1) is 14.2. The third-order valence-corrected chi connectivity index (χ3v) is 10.6. The zero-order valence-corrected chi connectivity index (χ0v) is 21.8. The predicted octanol–water partition coefficient (Wildman–Crippen LogP) is 7.43. The molecule has 30 heavy (non-hydrogen) atoms. The van der Waals surface area contributed by atoms with Crippen LogP contribution in [0, 0.1) is 0 Å². The Kier molecular flexibility index (Phi) is 9.75. The highest BCUT2D eigenvalue weighted by molar-refractivity contribution is 6.71. The molecule has 4 heteroatoms. The van der Waals surface area contributed by atoms with Gasteiger partial charge < -0.3 is 8.85 Å². The highest BCUT2D eigenvalue weighted by atomic mass is 28.4. The zero-order valence-electron chi connectivity index (χ0n) is 19.8. The van der Waals surface area contributed by atoms with E-state index in [1.807, 2.05) is 0 Å². The summed E-state index contributed by atoms with van der Waals surface area (Å²) in [4.78, 5) is 0. The summed E-state index contributed by atoms with van der Waals surface area (Å²) in [6, 6.07) is 20.2. The van der Waals surface area contributed by atoms with Gasteiger partial charge in [-0.1, -0.05) is 60.7 Å². The van der Waals surface area contributed by atoms with Crippen LogP contribution in [0.25, 0.3) is 12.2 Å². The predicted molar refractivity (Wildman–Crippen MR) is 137 cm³/mol. The van der Waals surface area contributed by atoms with Crippen molar-refractivity contribution in [3.8, 4) is 0 Å². The lowest BCUT2D eigenvalue weighted by molar-refractivity contribution is 0.328. The fourth-order valence-corrected chi connectivity index (χ4v) is 7.23. The first-order valence-corrected chi connectivity index (χ1v) is 17.6. The van der Waals surface area contributed by atoms with Crippen molar-refractivity contribution in [1.29, 1.82) is 0 Å². The van der Waals surface area contributed by atoms with Gasteiger partial charge in [0.2, 0.25) is 0 Å². The van der Waals surface area contributed by atoms with Gasteiger partial charge in [-0.2, -0.15) is 0 Å². The number of aryl methyl sites for hydroxylation is 2. The second-order valence-corrected chi connectivity index (χ2v) is 17.8. The van der Waals surface area contributed by atoms with Crippen molar-refractivity contribution < 1.29 is 8.85 Å². The minimum Gasteiger partial charge on any atom is -0.418 e. The van der Waals surface area contributed by atoms with Crippen molar-refractivity contribution in [3.63, 3.8) is 0 Å². The normalized spacial score (nSPS) is 12.6. The molecule has 0 N–H and O–H groups in total. The van der Waals surface area contributed by atoms with E-state index in [1.54, 1.807) is 0 Å². The number of rotatable bonds is 12. The number of hydrogen-bond donors (Lipinski definition) is 0. The molecule has 0 atom stereocenters. The Labute approximate surface area is 186 Å². The Morgan fingerprint density at radius 2 is 0.933 bits per heavy atom. The second kappa shape index (κ2) is 11.8.